The average Bonchev–Trinajstić information content (AvgIpc) is 2.38. The molecule has 0 amide bonds. The molecule has 0 saturated heterocycles. The zero-order valence-corrected chi connectivity index (χ0v) is 10.5. The zero-order valence-electron chi connectivity index (χ0n) is 10.5. The Balaban J connectivity index is 1.91. The first-order valence-electron chi connectivity index (χ1n) is 6.47. The first-order valence-corrected chi connectivity index (χ1v) is 6.47. The predicted molar refractivity (Wildman–Crippen MR) is 68.0 cm³/mol. The van der Waals surface area contributed by atoms with Gasteiger partial charge in [0.1, 0.15) is 0 Å². The van der Waals surface area contributed by atoms with Crippen LogP contribution in [0, 0.1) is 0 Å². The molecule has 0 saturated carbocycles. The van der Waals surface area contributed by atoms with Crippen LogP contribution in [-0.4, -0.2) is 13.1 Å². The quantitative estimate of drug-likeness (QED) is 0.746. The van der Waals surface area contributed by atoms with Gasteiger partial charge in [-0.2, -0.15) is 0 Å². The van der Waals surface area contributed by atoms with Crippen molar-refractivity contribution >= 4 is 5.97 Å². The van der Waals surface area contributed by atoms with Gasteiger partial charge in [0, 0.05) is 6.42 Å². The lowest BCUT2D eigenvalue weighted by Gasteiger charge is -2.16. The van der Waals surface area contributed by atoms with E-state index < -0.39 is 0 Å². The third-order valence-corrected chi connectivity index (χ3v) is 3.49. The maximum Gasteiger partial charge on any atom is 0.305 e. The molecule has 0 atom stereocenters. The van der Waals surface area contributed by atoms with Crippen molar-refractivity contribution < 1.29 is 9.53 Å². The highest BCUT2D eigenvalue weighted by atomic mass is 16.5. The van der Waals surface area contributed by atoms with Gasteiger partial charge in [-0.3, -0.25) is 4.79 Å². The van der Waals surface area contributed by atoms with Crippen molar-refractivity contribution in [3.63, 3.8) is 0 Å². The van der Waals surface area contributed by atoms with Crippen LogP contribution in [0.15, 0.2) is 18.2 Å². The van der Waals surface area contributed by atoms with Gasteiger partial charge in [-0.1, -0.05) is 18.2 Å². The van der Waals surface area contributed by atoms with Gasteiger partial charge in [0.25, 0.3) is 0 Å². The van der Waals surface area contributed by atoms with Crippen LogP contribution in [0.3, 0.4) is 0 Å². The average molecular weight is 232 g/mol. The summed E-state index contributed by atoms with van der Waals surface area (Å²) in [7, 11) is 1.45. The summed E-state index contributed by atoms with van der Waals surface area (Å²) >= 11 is 0. The number of ether oxygens (including phenoxy) is 1. The fourth-order valence-corrected chi connectivity index (χ4v) is 2.48. The standard InChI is InChI=1S/C15H20O2/c1-17-15(16)8-4-5-12-9-10-13-6-2-3-7-14(13)11-12/h9-11H,2-8H2,1H3. The van der Waals surface area contributed by atoms with Crippen LogP contribution in [-0.2, 0) is 28.8 Å². The molecule has 0 heterocycles. The molecule has 17 heavy (non-hydrogen) atoms. The number of aryl methyl sites for hydroxylation is 3. The van der Waals surface area contributed by atoms with Gasteiger partial charge in [0.2, 0.25) is 0 Å². The molecule has 0 aliphatic heterocycles. The van der Waals surface area contributed by atoms with E-state index in [9.17, 15) is 4.79 Å². The van der Waals surface area contributed by atoms with Crippen molar-refractivity contribution in [1.29, 1.82) is 0 Å². The minimum atomic E-state index is -0.108. The molecule has 0 fully saturated rings. The number of carbonyl (C=O) groups is 1. The summed E-state index contributed by atoms with van der Waals surface area (Å²) in [5, 5.41) is 0. The van der Waals surface area contributed by atoms with Gasteiger partial charge < -0.3 is 4.74 Å². The lowest BCUT2D eigenvalue weighted by Crippen LogP contribution is -2.04. The number of methoxy groups -OCH3 is 1. The largest absolute Gasteiger partial charge is 0.469 e. The molecule has 0 N–H and O–H groups in total. The van der Waals surface area contributed by atoms with E-state index in [0.29, 0.717) is 6.42 Å². The summed E-state index contributed by atoms with van der Waals surface area (Å²) in [6, 6.07) is 6.80. The molecule has 0 unspecified atom stereocenters. The summed E-state index contributed by atoms with van der Waals surface area (Å²) in [6.45, 7) is 0. The van der Waals surface area contributed by atoms with Gasteiger partial charge >= 0.3 is 5.97 Å². The van der Waals surface area contributed by atoms with E-state index in [1.54, 1.807) is 0 Å². The molecule has 0 bridgehead atoms. The molecule has 1 aliphatic rings. The monoisotopic (exact) mass is 232 g/mol. The molecule has 1 aromatic rings. The predicted octanol–water partition coefficient (Wildman–Crippen LogP) is 3.06. The SMILES string of the molecule is COC(=O)CCCc1ccc2c(c1)CCCC2. The zero-order chi connectivity index (χ0) is 12.1. The maximum atomic E-state index is 11.0. The summed E-state index contributed by atoms with van der Waals surface area (Å²) in [6.07, 6.45) is 7.48. The Hall–Kier alpha value is -1.31. The fourth-order valence-electron chi connectivity index (χ4n) is 2.48. The van der Waals surface area contributed by atoms with Crippen molar-refractivity contribution in [2.75, 3.05) is 7.11 Å². The van der Waals surface area contributed by atoms with E-state index in [2.05, 4.69) is 22.9 Å². The molecule has 2 heteroatoms. The van der Waals surface area contributed by atoms with Crippen LogP contribution < -0.4 is 0 Å². The van der Waals surface area contributed by atoms with Gasteiger partial charge in [0.15, 0.2) is 0 Å². The number of esters is 1. The molecule has 1 aliphatic carbocycles. The lowest BCUT2D eigenvalue weighted by molar-refractivity contribution is -0.140. The summed E-state index contributed by atoms with van der Waals surface area (Å²) in [4.78, 5) is 11.0. The minimum absolute atomic E-state index is 0.108. The van der Waals surface area contributed by atoms with E-state index in [-0.39, 0.29) is 5.97 Å². The van der Waals surface area contributed by atoms with Gasteiger partial charge in [-0.25, -0.2) is 0 Å². The van der Waals surface area contributed by atoms with Crippen molar-refractivity contribution in [1.82, 2.24) is 0 Å². The smallest absolute Gasteiger partial charge is 0.305 e. The topological polar surface area (TPSA) is 26.3 Å². The third kappa shape index (κ3) is 3.32. The summed E-state index contributed by atoms with van der Waals surface area (Å²) in [5.74, 6) is -0.108. The van der Waals surface area contributed by atoms with Gasteiger partial charge in [-0.05, 0) is 55.2 Å². The number of fused-ring (bicyclic) bond motifs is 1. The van der Waals surface area contributed by atoms with Crippen LogP contribution in [0.1, 0.15) is 42.4 Å². The van der Waals surface area contributed by atoms with E-state index >= 15 is 0 Å². The van der Waals surface area contributed by atoms with Crippen LogP contribution in [0.4, 0.5) is 0 Å². The van der Waals surface area contributed by atoms with E-state index in [0.717, 1.165) is 12.8 Å². The highest BCUT2D eigenvalue weighted by Gasteiger charge is 2.09. The second-order valence-corrected chi connectivity index (χ2v) is 4.74. The van der Waals surface area contributed by atoms with Crippen LogP contribution in [0.25, 0.3) is 0 Å². The lowest BCUT2D eigenvalue weighted by atomic mass is 9.89. The Morgan fingerprint density at radius 2 is 2.00 bits per heavy atom. The van der Waals surface area contributed by atoms with Gasteiger partial charge in [0.05, 0.1) is 7.11 Å². The first kappa shape index (κ1) is 12.2. The van der Waals surface area contributed by atoms with Gasteiger partial charge in [-0.15, -0.1) is 0 Å². The van der Waals surface area contributed by atoms with Crippen molar-refractivity contribution in [2.24, 2.45) is 0 Å². The Labute approximate surface area is 103 Å². The normalized spacial score (nSPS) is 14.2. The number of hydrogen-bond donors (Lipinski definition) is 0. The molecule has 0 spiro atoms. The van der Waals surface area contributed by atoms with Crippen LogP contribution in [0.2, 0.25) is 0 Å². The molecular weight excluding hydrogens is 212 g/mol. The minimum Gasteiger partial charge on any atom is -0.469 e. The third-order valence-electron chi connectivity index (χ3n) is 3.49. The van der Waals surface area contributed by atoms with Crippen molar-refractivity contribution in [3.05, 3.63) is 34.9 Å². The Morgan fingerprint density at radius 3 is 2.76 bits per heavy atom. The first-order chi connectivity index (χ1) is 8.29. The van der Waals surface area contributed by atoms with Crippen molar-refractivity contribution in [3.8, 4) is 0 Å². The Bertz CT molecular complexity index is 396. The summed E-state index contributed by atoms with van der Waals surface area (Å²) in [5.41, 5.74) is 4.40. The molecule has 92 valence electrons. The highest BCUT2D eigenvalue weighted by molar-refractivity contribution is 5.69. The number of hydrogen-bond acceptors (Lipinski definition) is 2. The number of benzene rings is 1. The maximum absolute atomic E-state index is 11.0. The Morgan fingerprint density at radius 1 is 1.24 bits per heavy atom. The molecule has 0 aromatic heterocycles. The molecular formula is C15H20O2. The molecule has 0 radical (unpaired) electrons. The molecule has 2 nitrogen and oxygen atoms in total. The van der Waals surface area contributed by atoms with E-state index in [1.165, 1.54) is 49.5 Å². The van der Waals surface area contributed by atoms with Crippen LogP contribution in [0.5, 0.6) is 0 Å². The Kier molecular flexibility index (Phi) is 4.18. The van der Waals surface area contributed by atoms with Crippen molar-refractivity contribution in [2.45, 2.75) is 44.9 Å². The van der Waals surface area contributed by atoms with E-state index in [1.807, 2.05) is 0 Å². The van der Waals surface area contributed by atoms with E-state index in [4.69, 9.17) is 0 Å². The second-order valence-electron chi connectivity index (χ2n) is 4.74. The second kappa shape index (κ2) is 5.85. The number of carbonyl (C=O) groups excluding carboxylic acids is 1. The molecule has 1 aromatic carbocycles. The van der Waals surface area contributed by atoms with Crippen LogP contribution >= 0.6 is 0 Å². The highest BCUT2D eigenvalue weighted by Crippen LogP contribution is 2.22. The number of rotatable bonds is 4. The summed E-state index contributed by atoms with van der Waals surface area (Å²) < 4.78 is 4.64. The molecule has 2 rings (SSSR count). The fraction of sp³-hybridized carbons (Fsp3) is 0.533.